The molecule has 4 aromatic rings. The van der Waals surface area contributed by atoms with Crippen molar-refractivity contribution in [1.29, 1.82) is 0 Å². The Labute approximate surface area is 209 Å². The van der Waals surface area contributed by atoms with Crippen molar-refractivity contribution in [3.05, 3.63) is 129 Å². The van der Waals surface area contributed by atoms with Gasteiger partial charge in [-0.15, -0.1) is 0 Å². The van der Waals surface area contributed by atoms with Crippen LogP contribution >= 0.6 is 0 Å². The van der Waals surface area contributed by atoms with Crippen LogP contribution in [0.15, 0.2) is 94.8 Å². The van der Waals surface area contributed by atoms with Crippen molar-refractivity contribution in [1.82, 2.24) is 29.7 Å². The highest BCUT2D eigenvalue weighted by Crippen LogP contribution is 2.11. The minimum atomic E-state index is -0.705. The summed E-state index contributed by atoms with van der Waals surface area (Å²) in [7, 11) is 0. The zero-order valence-electron chi connectivity index (χ0n) is 20.0. The molecule has 0 aliphatic heterocycles. The Morgan fingerprint density at radius 1 is 0.639 bits per heavy atom. The Morgan fingerprint density at radius 2 is 1.11 bits per heavy atom. The van der Waals surface area contributed by atoms with Gasteiger partial charge in [-0.05, 0) is 36.4 Å². The smallest absolute Gasteiger partial charge is 0.248 e. The van der Waals surface area contributed by atoms with E-state index in [9.17, 15) is 14.7 Å². The van der Waals surface area contributed by atoms with Crippen LogP contribution in [0.1, 0.15) is 22.8 Å². The molecule has 186 valence electrons. The Kier molecular flexibility index (Phi) is 8.87. The van der Waals surface area contributed by atoms with Crippen molar-refractivity contribution in [2.24, 2.45) is 0 Å². The van der Waals surface area contributed by atoms with Crippen molar-refractivity contribution in [2.45, 2.75) is 32.3 Å². The number of aromatic amines is 2. The summed E-state index contributed by atoms with van der Waals surface area (Å²) >= 11 is 0. The maximum Gasteiger partial charge on any atom is 0.248 e. The Morgan fingerprint density at radius 3 is 1.50 bits per heavy atom. The van der Waals surface area contributed by atoms with E-state index in [1.807, 2.05) is 48.5 Å². The van der Waals surface area contributed by atoms with Crippen LogP contribution in [0.4, 0.5) is 0 Å². The third kappa shape index (κ3) is 8.09. The van der Waals surface area contributed by atoms with E-state index < -0.39 is 6.10 Å². The first kappa shape index (κ1) is 25.2. The molecule has 0 bridgehead atoms. The third-order valence-electron chi connectivity index (χ3n) is 5.61. The van der Waals surface area contributed by atoms with Gasteiger partial charge in [-0.1, -0.05) is 24.3 Å². The molecule has 0 amide bonds. The molecule has 9 heteroatoms. The second-order valence-corrected chi connectivity index (χ2v) is 8.72. The minimum absolute atomic E-state index is 0.163. The normalized spacial score (nSPS) is 11.4. The molecule has 3 N–H and O–H groups in total. The summed E-state index contributed by atoms with van der Waals surface area (Å²) in [4.78, 5) is 42.3. The van der Waals surface area contributed by atoms with E-state index in [1.54, 1.807) is 24.5 Å². The van der Waals surface area contributed by atoms with Gasteiger partial charge in [0.15, 0.2) is 0 Å². The molecule has 4 rings (SSSR count). The van der Waals surface area contributed by atoms with Crippen LogP contribution in [0.3, 0.4) is 0 Å². The quantitative estimate of drug-likeness (QED) is 0.280. The van der Waals surface area contributed by atoms with Gasteiger partial charge in [-0.25, -0.2) is 0 Å². The number of aliphatic hydroxyl groups excluding tert-OH is 1. The van der Waals surface area contributed by atoms with Gasteiger partial charge in [-0.3, -0.25) is 29.4 Å². The summed E-state index contributed by atoms with van der Waals surface area (Å²) in [5.41, 5.74) is 2.94. The fourth-order valence-electron chi connectivity index (χ4n) is 4.12. The Balaban J connectivity index is 1.49. The van der Waals surface area contributed by atoms with E-state index in [1.165, 1.54) is 12.1 Å². The molecule has 36 heavy (non-hydrogen) atoms. The Bertz CT molecular complexity index is 1220. The van der Waals surface area contributed by atoms with Crippen molar-refractivity contribution in [3.63, 3.8) is 0 Å². The van der Waals surface area contributed by atoms with Crippen molar-refractivity contribution < 1.29 is 5.11 Å². The molecule has 0 aliphatic rings. The number of nitrogens with zero attached hydrogens (tertiary/aromatic N) is 4. The van der Waals surface area contributed by atoms with Gasteiger partial charge in [-0.2, -0.15) is 0 Å². The lowest BCUT2D eigenvalue weighted by Crippen LogP contribution is -2.40. The van der Waals surface area contributed by atoms with E-state index in [-0.39, 0.29) is 11.1 Å². The van der Waals surface area contributed by atoms with Gasteiger partial charge in [0, 0.05) is 75.2 Å². The first-order valence-electron chi connectivity index (χ1n) is 11.8. The summed E-state index contributed by atoms with van der Waals surface area (Å²) in [5, 5.41) is 11.1. The van der Waals surface area contributed by atoms with Crippen LogP contribution in [0.2, 0.25) is 0 Å². The second kappa shape index (κ2) is 12.7. The maximum atomic E-state index is 11.8. The average molecular weight is 487 g/mol. The van der Waals surface area contributed by atoms with Crippen LogP contribution in [-0.2, 0) is 26.2 Å². The number of hydrogen-bond acceptors (Lipinski definition) is 7. The summed E-state index contributed by atoms with van der Waals surface area (Å²) in [6.07, 6.45) is 2.77. The van der Waals surface area contributed by atoms with E-state index in [0.29, 0.717) is 39.3 Å². The lowest BCUT2D eigenvalue weighted by atomic mass is 10.2. The number of nitrogens with one attached hydrogen (secondary N) is 2. The number of pyridine rings is 4. The molecular formula is C27H30N6O3. The molecule has 0 radical (unpaired) electrons. The molecule has 0 saturated heterocycles. The van der Waals surface area contributed by atoms with Crippen LogP contribution in [0, 0.1) is 0 Å². The lowest BCUT2D eigenvalue weighted by Gasteiger charge is -2.29. The fourth-order valence-corrected chi connectivity index (χ4v) is 4.12. The zero-order chi connectivity index (χ0) is 25.2. The summed E-state index contributed by atoms with van der Waals surface area (Å²) < 4.78 is 0. The Hall–Kier alpha value is -3.92. The van der Waals surface area contributed by atoms with Crippen molar-refractivity contribution >= 4 is 0 Å². The van der Waals surface area contributed by atoms with Crippen LogP contribution in [-0.4, -0.2) is 54.0 Å². The summed E-state index contributed by atoms with van der Waals surface area (Å²) in [6.45, 7) is 2.66. The average Bonchev–Trinajstić information content (AvgIpc) is 2.85. The molecular weight excluding hydrogens is 456 g/mol. The van der Waals surface area contributed by atoms with Gasteiger partial charge in [0.05, 0.1) is 17.5 Å². The summed E-state index contributed by atoms with van der Waals surface area (Å²) in [6, 6.07) is 21.6. The van der Waals surface area contributed by atoms with Crippen molar-refractivity contribution in [3.8, 4) is 0 Å². The molecule has 0 unspecified atom stereocenters. The van der Waals surface area contributed by atoms with Gasteiger partial charge >= 0.3 is 0 Å². The number of aliphatic hydroxyl groups is 1. The van der Waals surface area contributed by atoms with Gasteiger partial charge < -0.3 is 15.1 Å². The largest absolute Gasteiger partial charge is 0.390 e. The second-order valence-electron chi connectivity index (χ2n) is 8.72. The predicted octanol–water partition coefficient (Wildman–Crippen LogP) is 1.92. The zero-order valence-corrected chi connectivity index (χ0v) is 20.0. The molecule has 9 nitrogen and oxygen atoms in total. The first-order chi connectivity index (χ1) is 17.5. The van der Waals surface area contributed by atoms with Crippen molar-refractivity contribution in [2.75, 3.05) is 13.1 Å². The highest BCUT2D eigenvalue weighted by molar-refractivity contribution is 5.08. The number of H-pyrrole nitrogens is 2. The molecule has 0 aliphatic carbocycles. The molecule has 4 aromatic heterocycles. The first-order valence-corrected chi connectivity index (χ1v) is 11.8. The van der Waals surface area contributed by atoms with Crippen LogP contribution < -0.4 is 11.1 Å². The molecule has 0 fully saturated rings. The minimum Gasteiger partial charge on any atom is -0.390 e. The number of hydrogen-bond donors (Lipinski definition) is 3. The predicted molar refractivity (Wildman–Crippen MR) is 137 cm³/mol. The number of aromatic nitrogens is 4. The van der Waals surface area contributed by atoms with Crippen LogP contribution in [0.25, 0.3) is 0 Å². The number of rotatable bonds is 12. The van der Waals surface area contributed by atoms with E-state index in [0.717, 1.165) is 22.8 Å². The highest BCUT2D eigenvalue weighted by atomic mass is 16.3. The molecule has 0 aromatic carbocycles. The summed E-state index contributed by atoms with van der Waals surface area (Å²) in [5.74, 6) is 0. The van der Waals surface area contributed by atoms with E-state index in [4.69, 9.17) is 0 Å². The topological polar surface area (TPSA) is 118 Å². The van der Waals surface area contributed by atoms with E-state index >= 15 is 0 Å². The monoisotopic (exact) mass is 486 g/mol. The van der Waals surface area contributed by atoms with Crippen LogP contribution in [0.5, 0.6) is 0 Å². The van der Waals surface area contributed by atoms with Gasteiger partial charge in [0.25, 0.3) is 0 Å². The third-order valence-corrected chi connectivity index (χ3v) is 5.61. The fraction of sp³-hybridized carbons (Fsp3) is 0.259. The molecule has 4 heterocycles. The maximum absolute atomic E-state index is 11.8. The van der Waals surface area contributed by atoms with Gasteiger partial charge in [0.2, 0.25) is 11.1 Å². The lowest BCUT2D eigenvalue weighted by molar-refractivity contribution is 0.0614. The van der Waals surface area contributed by atoms with E-state index in [2.05, 4.69) is 29.7 Å². The highest BCUT2D eigenvalue weighted by Gasteiger charge is 2.18. The van der Waals surface area contributed by atoms with Gasteiger partial charge in [0.1, 0.15) is 0 Å². The molecule has 0 saturated carbocycles. The molecule has 0 atom stereocenters. The molecule has 0 spiro atoms. The SMILES string of the molecule is O=c1cccc(CN(Cc2ccccn2)CC(O)CN(Cc2ccccn2)Cc2cccc(=O)[nH]2)[nH]1. The standard InChI is InChI=1S/C27H30N6O3/c34-25(19-32(15-21-7-1-3-13-28-21)17-23-9-5-11-26(35)30-23)20-33(16-22-8-2-4-14-29-22)18-24-10-6-12-27(36)31-24/h1-14,25,34H,15-20H2,(H,30,35)(H,31,36).